The van der Waals surface area contributed by atoms with Crippen LogP contribution in [0.25, 0.3) is 0 Å². The van der Waals surface area contributed by atoms with Crippen LogP contribution >= 0.6 is 0 Å². The van der Waals surface area contributed by atoms with Crippen molar-refractivity contribution in [3.05, 3.63) is 66.0 Å². The zero-order chi connectivity index (χ0) is 20.5. The van der Waals surface area contributed by atoms with Gasteiger partial charge in [-0.1, -0.05) is 36.4 Å². The molecule has 28 heavy (non-hydrogen) atoms. The summed E-state index contributed by atoms with van der Waals surface area (Å²) < 4.78 is 13.6. The van der Waals surface area contributed by atoms with Gasteiger partial charge in [0.25, 0.3) is 0 Å². The molecule has 6 nitrogen and oxygen atoms in total. The van der Waals surface area contributed by atoms with Crippen LogP contribution in [0.2, 0.25) is 0 Å². The van der Waals surface area contributed by atoms with E-state index in [0.717, 1.165) is 5.56 Å². The maximum Gasteiger partial charge on any atom is 0.239 e. The lowest BCUT2D eigenvalue weighted by atomic mass is 10.2. The maximum atomic E-state index is 13.6. The number of hydrogen-bond donors (Lipinski definition) is 1. The maximum absolute atomic E-state index is 13.6. The van der Waals surface area contributed by atoms with Crippen molar-refractivity contribution in [1.82, 2.24) is 10.2 Å². The van der Waals surface area contributed by atoms with E-state index in [0.29, 0.717) is 12.2 Å². The van der Waals surface area contributed by atoms with Crippen LogP contribution in [0, 0.1) is 5.82 Å². The lowest BCUT2D eigenvalue weighted by Gasteiger charge is -2.25. The molecule has 2 aromatic rings. The molecule has 0 aliphatic carbocycles. The highest BCUT2D eigenvalue weighted by Crippen LogP contribution is 2.17. The van der Waals surface area contributed by atoms with Gasteiger partial charge in [0, 0.05) is 39.2 Å². The molecule has 0 atom stereocenters. The fourth-order valence-electron chi connectivity index (χ4n) is 2.71. The molecule has 0 bridgehead atoms. The Morgan fingerprint density at radius 3 is 2.36 bits per heavy atom. The Balaban J connectivity index is 2.10. The van der Waals surface area contributed by atoms with Crippen LogP contribution in [0.4, 0.5) is 10.1 Å². The summed E-state index contributed by atoms with van der Waals surface area (Å²) in [7, 11) is 1.47. The Hall–Kier alpha value is -3.22. The zero-order valence-corrected chi connectivity index (χ0v) is 16.0. The summed E-state index contributed by atoms with van der Waals surface area (Å²) in [6.07, 6.45) is 0.0138. The molecule has 2 aromatic carbocycles. The lowest BCUT2D eigenvalue weighted by molar-refractivity contribution is -0.130. The molecule has 2 rings (SSSR count). The molecule has 0 aliphatic heterocycles. The first-order valence-electron chi connectivity index (χ1n) is 8.96. The van der Waals surface area contributed by atoms with Gasteiger partial charge in [0.05, 0.1) is 0 Å². The average molecular weight is 385 g/mol. The molecule has 0 saturated heterocycles. The molecular weight excluding hydrogens is 361 g/mol. The number of hydrogen-bond acceptors (Lipinski definition) is 3. The number of anilines is 1. The van der Waals surface area contributed by atoms with E-state index in [4.69, 9.17) is 0 Å². The first-order valence-corrected chi connectivity index (χ1v) is 8.96. The number of nitrogens with zero attached hydrogens (tertiary/aromatic N) is 2. The van der Waals surface area contributed by atoms with Gasteiger partial charge in [-0.3, -0.25) is 14.4 Å². The lowest BCUT2D eigenvalue weighted by Crippen LogP contribution is -2.41. The molecular formula is C21H24FN3O3. The normalized spacial score (nSPS) is 10.2. The largest absolute Gasteiger partial charge is 0.358 e. The van der Waals surface area contributed by atoms with E-state index in [1.807, 2.05) is 30.3 Å². The highest BCUT2D eigenvalue weighted by Gasteiger charge is 2.21. The smallest absolute Gasteiger partial charge is 0.239 e. The van der Waals surface area contributed by atoms with Crippen LogP contribution in [0.1, 0.15) is 18.9 Å². The van der Waals surface area contributed by atoms with E-state index in [9.17, 15) is 18.8 Å². The minimum absolute atomic E-state index is 0.0138. The van der Waals surface area contributed by atoms with Crippen molar-refractivity contribution < 1.29 is 18.8 Å². The van der Waals surface area contributed by atoms with Crippen molar-refractivity contribution in [3.63, 3.8) is 0 Å². The summed E-state index contributed by atoms with van der Waals surface area (Å²) in [4.78, 5) is 39.3. The number of carbonyl (C=O) groups is 3. The Kier molecular flexibility index (Phi) is 7.68. The first kappa shape index (κ1) is 21.1. The van der Waals surface area contributed by atoms with Crippen molar-refractivity contribution in [2.45, 2.75) is 19.9 Å². The fourth-order valence-corrected chi connectivity index (χ4v) is 2.71. The van der Waals surface area contributed by atoms with Crippen LogP contribution < -0.4 is 10.2 Å². The summed E-state index contributed by atoms with van der Waals surface area (Å²) in [6, 6.07) is 15.0. The van der Waals surface area contributed by atoms with Gasteiger partial charge in [-0.15, -0.1) is 0 Å². The van der Waals surface area contributed by atoms with Crippen molar-refractivity contribution >= 4 is 23.4 Å². The molecule has 148 valence electrons. The topological polar surface area (TPSA) is 69.7 Å². The third kappa shape index (κ3) is 6.19. The van der Waals surface area contributed by atoms with Crippen molar-refractivity contribution in [2.24, 2.45) is 0 Å². The Labute approximate surface area is 163 Å². The average Bonchev–Trinajstić information content (AvgIpc) is 2.69. The third-order valence-corrected chi connectivity index (χ3v) is 4.26. The van der Waals surface area contributed by atoms with E-state index >= 15 is 0 Å². The molecule has 0 fully saturated rings. The van der Waals surface area contributed by atoms with Crippen molar-refractivity contribution in [2.75, 3.05) is 25.0 Å². The summed E-state index contributed by atoms with van der Waals surface area (Å²) in [5, 5.41) is 2.46. The van der Waals surface area contributed by atoms with Gasteiger partial charge in [-0.2, -0.15) is 0 Å². The van der Waals surface area contributed by atoms with Gasteiger partial charge in [0.15, 0.2) is 0 Å². The summed E-state index contributed by atoms with van der Waals surface area (Å²) in [6.45, 7) is 1.81. The summed E-state index contributed by atoms with van der Waals surface area (Å²) in [5.74, 6) is -1.39. The quantitative estimate of drug-likeness (QED) is 0.758. The Morgan fingerprint density at radius 2 is 1.75 bits per heavy atom. The molecule has 0 saturated carbocycles. The van der Waals surface area contributed by atoms with Crippen molar-refractivity contribution in [1.29, 1.82) is 0 Å². The predicted octanol–water partition coefficient (Wildman–Crippen LogP) is 2.34. The van der Waals surface area contributed by atoms with E-state index in [1.54, 1.807) is 11.0 Å². The van der Waals surface area contributed by atoms with Crippen molar-refractivity contribution in [3.8, 4) is 0 Å². The standard InChI is InChI=1S/C21H24FN3O3/c1-16(26)24(14-17-7-4-3-5-8-17)12-11-21(28)25(15-20(27)23-2)19-10-6-9-18(22)13-19/h3-10,13H,11-12,14-15H2,1-2H3,(H,23,27). The van der Waals surface area contributed by atoms with Crippen LogP contribution in [0.5, 0.6) is 0 Å². The van der Waals surface area contributed by atoms with Gasteiger partial charge in [-0.05, 0) is 23.8 Å². The third-order valence-electron chi connectivity index (χ3n) is 4.26. The first-order chi connectivity index (χ1) is 13.4. The number of nitrogens with one attached hydrogen (secondary N) is 1. The Morgan fingerprint density at radius 1 is 1.04 bits per heavy atom. The van der Waals surface area contributed by atoms with E-state index in [2.05, 4.69) is 5.32 Å². The molecule has 0 heterocycles. The molecule has 0 spiro atoms. The second-order valence-electron chi connectivity index (χ2n) is 6.31. The molecule has 0 radical (unpaired) electrons. The van der Waals surface area contributed by atoms with Crippen LogP contribution in [-0.2, 0) is 20.9 Å². The number of rotatable bonds is 8. The number of amides is 3. The summed E-state index contributed by atoms with van der Waals surface area (Å²) in [5.41, 5.74) is 1.25. The number of likely N-dealkylation sites (N-methyl/N-ethyl adjacent to an activating group) is 1. The van der Waals surface area contributed by atoms with Gasteiger partial charge < -0.3 is 15.1 Å². The molecule has 1 N–H and O–H groups in total. The minimum atomic E-state index is -0.498. The molecule has 0 aliphatic rings. The van der Waals surface area contributed by atoms with Crippen LogP contribution in [-0.4, -0.2) is 42.8 Å². The minimum Gasteiger partial charge on any atom is -0.358 e. The Bertz CT molecular complexity index is 827. The van der Waals surface area contributed by atoms with Crippen LogP contribution in [0.3, 0.4) is 0 Å². The van der Waals surface area contributed by atoms with Gasteiger partial charge in [0.2, 0.25) is 17.7 Å². The molecule has 0 aromatic heterocycles. The monoisotopic (exact) mass is 385 g/mol. The van der Waals surface area contributed by atoms with Gasteiger partial charge >= 0.3 is 0 Å². The second kappa shape index (κ2) is 10.2. The number of carbonyl (C=O) groups excluding carboxylic acids is 3. The molecule has 3 amide bonds. The zero-order valence-electron chi connectivity index (χ0n) is 16.0. The number of halogens is 1. The number of benzene rings is 2. The highest BCUT2D eigenvalue weighted by molar-refractivity contribution is 5.98. The van der Waals surface area contributed by atoms with E-state index in [1.165, 1.54) is 37.1 Å². The van der Waals surface area contributed by atoms with Crippen LogP contribution in [0.15, 0.2) is 54.6 Å². The fraction of sp³-hybridized carbons (Fsp3) is 0.286. The second-order valence-corrected chi connectivity index (χ2v) is 6.31. The highest BCUT2D eigenvalue weighted by atomic mass is 19.1. The van der Waals surface area contributed by atoms with E-state index in [-0.39, 0.29) is 37.2 Å². The SMILES string of the molecule is CNC(=O)CN(C(=O)CCN(Cc1ccccc1)C(C)=O)c1cccc(F)c1. The molecule has 7 heteroatoms. The summed E-state index contributed by atoms with van der Waals surface area (Å²) >= 11 is 0. The van der Waals surface area contributed by atoms with Gasteiger partial charge in [0.1, 0.15) is 12.4 Å². The van der Waals surface area contributed by atoms with Gasteiger partial charge in [-0.25, -0.2) is 4.39 Å². The predicted molar refractivity (Wildman–Crippen MR) is 105 cm³/mol. The van der Waals surface area contributed by atoms with E-state index < -0.39 is 5.82 Å². The molecule has 0 unspecified atom stereocenters.